The largest absolute Gasteiger partial charge is 0.750 e. The highest BCUT2D eigenvalue weighted by atomic mass is 32.2. The molecule has 2 rings (SSSR count). The van der Waals surface area contributed by atoms with Gasteiger partial charge < -0.3 is 9.12 Å². The van der Waals surface area contributed by atoms with Gasteiger partial charge in [-0.1, -0.05) is 18.2 Å². The lowest BCUT2D eigenvalue weighted by Gasteiger charge is -2.15. The van der Waals surface area contributed by atoms with E-state index in [1.807, 2.05) is 41.1 Å². The predicted octanol–water partition coefficient (Wildman–Crippen LogP) is 1.84. The van der Waals surface area contributed by atoms with Crippen molar-refractivity contribution in [3.63, 3.8) is 0 Å². The fourth-order valence-electron chi connectivity index (χ4n) is 1.74. The second-order valence-electron chi connectivity index (χ2n) is 3.64. The lowest BCUT2D eigenvalue weighted by atomic mass is 10.2. The van der Waals surface area contributed by atoms with Crippen molar-refractivity contribution in [2.24, 2.45) is 0 Å². The maximum atomic E-state index is 10.4. The van der Waals surface area contributed by atoms with Crippen molar-refractivity contribution >= 4 is 22.3 Å². The summed E-state index contributed by atoms with van der Waals surface area (Å²) in [6.45, 7) is 2.24. The quantitative estimate of drug-likeness (QED) is 0.764. The van der Waals surface area contributed by atoms with E-state index in [4.69, 9.17) is 0 Å². The van der Waals surface area contributed by atoms with Crippen molar-refractivity contribution in [2.75, 3.05) is 0 Å². The van der Waals surface area contributed by atoms with Crippen LogP contribution >= 0.6 is 0 Å². The van der Waals surface area contributed by atoms with Gasteiger partial charge in [0, 0.05) is 18.3 Å². The topological polar surface area (TPSA) is 54.3 Å². The molecule has 0 spiro atoms. The van der Waals surface area contributed by atoms with Gasteiger partial charge in [-0.25, -0.2) is 4.21 Å². The maximum Gasteiger partial charge on any atom is 0.0887 e. The van der Waals surface area contributed by atoms with Crippen LogP contribution in [0.5, 0.6) is 0 Å². The van der Waals surface area contributed by atoms with Crippen LogP contribution in [0.2, 0.25) is 0 Å². The van der Waals surface area contributed by atoms with E-state index >= 15 is 0 Å². The minimum Gasteiger partial charge on any atom is -0.750 e. The number of nitrogens with zero attached hydrogens (tertiary/aromatic N) is 1. The molecule has 0 bridgehead atoms. The Hall–Kier alpha value is -1.17. The number of fused-ring (bicyclic) bond motifs is 1. The number of rotatable bonds is 4. The van der Waals surface area contributed by atoms with Crippen LogP contribution < -0.4 is 0 Å². The van der Waals surface area contributed by atoms with Crippen molar-refractivity contribution in [1.29, 1.82) is 0 Å². The molecule has 2 unspecified atom stereocenters. The molecule has 86 valence electrons. The third kappa shape index (κ3) is 2.49. The summed E-state index contributed by atoms with van der Waals surface area (Å²) in [5, 5.41) is 1.14. The Labute approximate surface area is 96.3 Å². The van der Waals surface area contributed by atoms with E-state index in [0.717, 1.165) is 10.9 Å². The zero-order chi connectivity index (χ0) is 11.5. The molecule has 5 heteroatoms. The summed E-state index contributed by atoms with van der Waals surface area (Å²) in [7, 11) is 0. The molecule has 0 amide bonds. The minimum absolute atomic E-state index is 0.367. The van der Waals surface area contributed by atoms with Crippen molar-refractivity contribution < 1.29 is 12.9 Å². The average Bonchev–Trinajstić information content (AvgIpc) is 2.61. The van der Waals surface area contributed by atoms with Gasteiger partial charge in [0.1, 0.15) is 0 Å². The van der Waals surface area contributed by atoms with E-state index in [9.17, 15) is 8.76 Å². The predicted molar refractivity (Wildman–Crippen MR) is 61.4 cm³/mol. The molecule has 2 aromatic rings. The van der Waals surface area contributed by atoms with Crippen molar-refractivity contribution in [1.82, 2.24) is 4.57 Å². The minimum atomic E-state index is -2.45. The number of benzene rings is 1. The van der Waals surface area contributed by atoms with Crippen molar-refractivity contribution in [3.05, 3.63) is 36.5 Å². The van der Waals surface area contributed by atoms with E-state index in [1.54, 1.807) is 6.92 Å². The Morgan fingerprint density at radius 3 is 2.94 bits per heavy atom. The maximum absolute atomic E-state index is 10.4. The van der Waals surface area contributed by atoms with E-state index in [1.165, 1.54) is 0 Å². The number of hydrogen-bond donors (Lipinski definition) is 0. The van der Waals surface area contributed by atoms with E-state index in [2.05, 4.69) is 4.18 Å². The van der Waals surface area contributed by atoms with Crippen molar-refractivity contribution in [2.45, 2.75) is 19.6 Å². The van der Waals surface area contributed by atoms with Crippen molar-refractivity contribution in [3.8, 4) is 0 Å². The highest BCUT2D eigenvalue weighted by Crippen LogP contribution is 2.15. The first kappa shape index (κ1) is 11.3. The third-order valence-electron chi connectivity index (χ3n) is 2.38. The summed E-state index contributed by atoms with van der Waals surface area (Å²) in [5.41, 5.74) is 1.08. The van der Waals surface area contributed by atoms with Gasteiger partial charge in [-0.05, 0) is 24.4 Å². The van der Waals surface area contributed by atoms with Crippen LogP contribution in [0.4, 0.5) is 0 Å². The molecular formula is C11H12NO3S-. The average molecular weight is 238 g/mol. The summed E-state index contributed by atoms with van der Waals surface area (Å²) < 4.78 is 27.4. The molecule has 0 aliphatic heterocycles. The molecule has 0 aliphatic rings. The molecular weight excluding hydrogens is 226 g/mol. The standard InChI is InChI=1S/C11H13NO3S/c1-9(15-16(13)14)8-12-7-6-10-4-2-3-5-11(10)12/h2-7,9H,8H2,1H3,(H,13,14)/p-1. The first-order valence-corrected chi connectivity index (χ1v) is 5.97. The van der Waals surface area contributed by atoms with Crippen LogP contribution in [0, 0.1) is 0 Å². The molecule has 0 radical (unpaired) electrons. The summed E-state index contributed by atoms with van der Waals surface area (Å²) in [6.07, 6.45) is 1.56. The third-order valence-corrected chi connectivity index (χ3v) is 2.86. The van der Waals surface area contributed by atoms with Crippen LogP contribution in [-0.2, 0) is 22.1 Å². The lowest BCUT2D eigenvalue weighted by Crippen LogP contribution is -2.17. The molecule has 1 aromatic carbocycles. The number of hydrogen-bond acceptors (Lipinski definition) is 3. The second kappa shape index (κ2) is 4.78. The number of para-hydroxylation sites is 1. The summed E-state index contributed by atoms with van der Waals surface area (Å²) in [4.78, 5) is 0. The summed E-state index contributed by atoms with van der Waals surface area (Å²) in [5.74, 6) is 0. The molecule has 1 heterocycles. The van der Waals surface area contributed by atoms with E-state index in [-0.39, 0.29) is 6.10 Å². The van der Waals surface area contributed by atoms with Gasteiger partial charge in [0.2, 0.25) is 0 Å². The Morgan fingerprint density at radius 2 is 2.19 bits per heavy atom. The molecule has 0 N–H and O–H groups in total. The van der Waals surface area contributed by atoms with Gasteiger partial charge in [-0.3, -0.25) is 4.18 Å². The Balaban J connectivity index is 2.18. The second-order valence-corrected chi connectivity index (χ2v) is 4.24. The molecule has 4 nitrogen and oxygen atoms in total. The molecule has 0 saturated heterocycles. The monoisotopic (exact) mass is 238 g/mol. The zero-order valence-electron chi connectivity index (χ0n) is 8.83. The van der Waals surface area contributed by atoms with Gasteiger partial charge in [-0.15, -0.1) is 0 Å². The Kier molecular flexibility index (Phi) is 3.38. The van der Waals surface area contributed by atoms with Crippen LogP contribution in [0.15, 0.2) is 36.5 Å². The smallest absolute Gasteiger partial charge is 0.0887 e. The van der Waals surface area contributed by atoms with Gasteiger partial charge in [0.15, 0.2) is 0 Å². The molecule has 2 atom stereocenters. The van der Waals surface area contributed by atoms with Crippen LogP contribution in [0.25, 0.3) is 10.9 Å². The zero-order valence-corrected chi connectivity index (χ0v) is 9.65. The molecule has 0 saturated carbocycles. The normalized spacial score (nSPS) is 15.1. The molecule has 0 fully saturated rings. The molecule has 1 aromatic heterocycles. The number of aromatic nitrogens is 1. The first-order chi connectivity index (χ1) is 7.66. The van der Waals surface area contributed by atoms with Crippen LogP contribution in [0.1, 0.15) is 6.92 Å². The van der Waals surface area contributed by atoms with E-state index in [0.29, 0.717) is 6.54 Å². The highest BCUT2D eigenvalue weighted by molar-refractivity contribution is 7.74. The van der Waals surface area contributed by atoms with Gasteiger partial charge in [0.25, 0.3) is 0 Å². The lowest BCUT2D eigenvalue weighted by molar-refractivity contribution is 0.200. The van der Waals surface area contributed by atoms with E-state index < -0.39 is 11.4 Å². The van der Waals surface area contributed by atoms with Crippen LogP contribution in [0.3, 0.4) is 0 Å². The summed E-state index contributed by atoms with van der Waals surface area (Å²) in [6, 6.07) is 9.94. The Morgan fingerprint density at radius 1 is 1.44 bits per heavy atom. The SMILES string of the molecule is CC(Cn1ccc2ccccc21)OS(=O)[O-]. The fraction of sp³-hybridized carbons (Fsp3) is 0.273. The van der Waals surface area contributed by atoms with Gasteiger partial charge in [0.05, 0.1) is 17.5 Å². The molecule has 16 heavy (non-hydrogen) atoms. The summed E-state index contributed by atoms with van der Waals surface area (Å²) >= 11 is -2.45. The van der Waals surface area contributed by atoms with Crippen LogP contribution in [-0.4, -0.2) is 19.4 Å². The fourth-order valence-corrected chi connectivity index (χ4v) is 2.07. The van der Waals surface area contributed by atoms with Gasteiger partial charge >= 0.3 is 0 Å². The Bertz CT molecular complexity index is 509. The molecule has 0 aliphatic carbocycles. The van der Waals surface area contributed by atoms with Gasteiger partial charge in [-0.2, -0.15) is 0 Å². The highest BCUT2D eigenvalue weighted by Gasteiger charge is 2.06. The first-order valence-electron chi connectivity index (χ1n) is 4.97.